The third kappa shape index (κ3) is 3.22. The Kier molecular flexibility index (Phi) is 4.57. The van der Waals surface area contributed by atoms with Gasteiger partial charge in [0.05, 0.1) is 30.4 Å². The summed E-state index contributed by atoms with van der Waals surface area (Å²) in [5.41, 5.74) is 3.15. The number of pyridine rings is 1. The van der Waals surface area contributed by atoms with E-state index in [1.807, 2.05) is 30.3 Å². The van der Waals surface area contributed by atoms with E-state index in [0.29, 0.717) is 17.1 Å². The van der Waals surface area contributed by atoms with Gasteiger partial charge in [0.25, 0.3) is 0 Å². The number of fused-ring (bicyclic) bond motifs is 3. The number of aromatic nitrogens is 1. The molecule has 0 spiro atoms. The fraction of sp³-hybridized carbons (Fsp3) is 0.300. The van der Waals surface area contributed by atoms with Crippen molar-refractivity contribution in [2.75, 3.05) is 18.1 Å². The predicted molar refractivity (Wildman–Crippen MR) is 99.7 cm³/mol. The smallest absolute Gasteiger partial charge is 0.415 e. The molecular weight excluding hydrogens is 360 g/mol. The highest BCUT2D eigenvalue weighted by Gasteiger charge is 2.46. The van der Waals surface area contributed by atoms with Gasteiger partial charge < -0.3 is 14.8 Å². The van der Waals surface area contributed by atoms with Crippen LogP contribution in [0.2, 0.25) is 0 Å². The Morgan fingerprint density at radius 3 is 2.89 bits per heavy atom. The van der Waals surface area contributed by atoms with Crippen LogP contribution in [0.25, 0.3) is 11.1 Å². The zero-order chi connectivity index (χ0) is 19.7. The maximum atomic E-state index is 12.4. The zero-order valence-electron chi connectivity index (χ0n) is 15.2. The summed E-state index contributed by atoms with van der Waals surface area (Å²) in [5.74, 6) is 0.414. The van der Waals surface area contributed by atoms with E-state index in [0.717, 1.165) is 11.1 Å². The molecule has 8 nitrogen and oxygen atoms in total. The van der Waals surface area contributed by atoms with Crippen molar-refractivity contribution in [3.05, 3.63) is 42.2 Å². The second-order valence-corrected chi connectivity index (χ2v) is 6.66. The fourth-order valence-corrected chi connectivity index (χ4v) is 3.41. The normalized spacial score (nSPS) is 19.7. The molecule has 28 heavy (non-hydrogen) atoms. The molecule has 2 amide bonds. The second-order valence-electron chi connectivity index (χ2n) is 6.66. The van der Waals surface area contributed by atoms with Gasteiger partial charge in [0.1, 0.15) is 24.5 Å². The van der Waals surface area contributed by atoms with Gasteiger partial charge in [0.15, 0.2) is 0 Å². The van der Waals surface area contributed by atoms with Crippen molar-refractivity contribution in [1.82, 2.24) is 10.3 Å². The molecule has 142 valence electrons. The Hall–Kier alpha value is -3.60. The Balaban J connectivity index is 1.58. The molecule has 1 saturated heterocycles. The lowest BCUT2D eigenvalue weighted by atomic mass is 10.0. The van der Waals surface area contributed by atoms with E-state index in [9.17, 15) is 9.59 Å². The predicted octanol–water partition coefficient (Wildman–Crippen LogP) is 2.04. The number of benzene rings is 1. The maximum Gasteiger partial charge on any atom is 0.415 e. The third-order valence-corrected chi connectivity index (χ3v) is 4.81. The lowest BCUT2D eigenvalue weighted by Gasteiger charge is -2.31. The van der Waals surface area contributed by atoms with Gasteiger partial charge in [-0.1, -0.05) is 12.1 Å². The topological polar surface area (TPSA) is 105 Å². The van der Waals surface area contributed by atoms with E-state index in [-0.39, 0.29) is 31.5 Å². The minimum Gasteiger partial charge on any atom is -0.489 e. The van der Waals surface area contributed by atoms with E-state index in [1.54, 1.807) is 11.1 Å². The van der Waals surface area contributed by atoms with Crippen molar-refractivity contribution in [3.63, 3.8) is 0 Å². The molecular formula is C20H18N4O4. The number of hydrogen-bond acceptors (Lipinski definition) is 6. The first kappa shape index (κ1) is 17.8. The number of ether oxygens (including phenoxy) is 2. The van der Waals surface area contributed by atoms with Crippen LogP contribution in [0.15, 0.2) is 36.5 Å². The number of cyclic esters (lactones) is 1. The summed E-state index contributed by atoms with van der Waals surface area (Å²) in [6.45, 7) is 1.95. The third-order valence-electron chi connectivity index (χ3n) is 4.81. The Labute approximate surface area is 161 Å². The van der Waals surface area contributed by atoms with Crippen LogP contribution in [0.1, 0.15) is 12.6 Å². The molecule has 8 heteroatoms. The van der Waals surface area contributed by atoms with Gasteiger partial charge in [-0.2, -0.15) is 5.26 Å². The number of hydrogen-bond donors (Lipinski definition) is 1. The monoisotopic (exact) mass is 378 g/mol. The number of nitriles is 1. The molecule has 3 heterocycles. The minimum absolute atomic E-state index is 0.175. The lowest BCUT2D eigenvalue weighted by molar-refractivity contribution is -0.119. The average molecular weight is 378 g/mol. The molecule has 0 saturated carbocycles. The second kappa shape index (κ2) is 7.19. The van der Waals surface area contributed by atoms with Crippen molar-refractivity contribution in [2.45, 2.75) is 25.5 Å². The van der Waals surface area contributed by atoms with E-state index >= 15 is 0 Å². The first-order valence-electron chi connectivity index (χ1n) is 8.90. The first-order valence-corrected chi connectivity index (χ1v) is 8.90. The highest BCUT2D eigenvalue weighted by Crippen LogP contribution is 2.40. The van der Waals surface area contributed by atoms with Gasteiger partial charge in [0, 0.05) is 18.7 Å². The van der Waals surface area contributed by atoms with Crippen molar-refractivity contribution in [1.29, 1.82) is 5.26 Å². The van der Waals surface area contributed by atoms with Crippen LogP contribution in [0.5, 0.6) is 5.75 Å². The summed E-state index contributed by atoms with van der Waals surface area (Å²) in [7, 11) is 0. The molecule has 2 unspecified atom stereocenters. The molecule has 4 rings (SSSR count). The van der Waals surface area contributed by atoms with E-state index < -0.39 is 12.2 Å². The van der Waals surface area contributed by atoms with Crippen LogP contribution in [-0.2, 0) is 16.0 Å². The van der Waals surface area contributed by atoms with Crippen molar-refractivity contribution in [3.8, 4) is 22.9 Å². The Bertz CT molecular complexity index is 967. The minimum atomic E-state index is -0.457. The number of carbonyl (C=O) groups is 2. The molecule has 0 bridgehead atoms. The van der Waals surface area contributed by atoms with Gasteiger partial charge >= 0.3 is 6.09 Å². The van der Waals surface area contributed by atoms with Crippen LogP contribution < -0.4 is 15.0 Å². The van der Waals surface area contributed by atoms with Gasteiger partial charge in [-0.05, 0) is 23.8 Å². The largest absolute Gasteiger partial charge is 0.489 e. The van der Waals surface area contributed by atoms with Gasteiger partial charge in [-0.3, -0.25) is 14.7 Å². The SMILES string of the molecule is CC(=O)NCC1OC(=O)N2c3ccc(-c4ccc(CC#N)nc4)cc3OCC12. The summed E-state index contributed by atoms with van der Waals surface area (Å²) >= 11 is 0. The molecule has 1 N–H and O–H groups in total. The summed E-state index contributed by atoms with van der Waals surface area (Å²) in [4.78, 5) is 29.4. The van der Waals surface area contributed by atoms with Gasteiger partial charge in [-0.15, -0.1) is 0 Å². The molecule has 0 radical (unpaired) electrons. The molecule has 2 atom stereocenters. The zero-order valence-corrected chi connectivity index (χ0v) is 15.2. The van der Waals surface area contributed by atoms with Crippen LogP contribution in [0, 0.1) is 11.3 Å². The van der Waals surface area contributed by atoms with Crippen molar-refractivity contribution >= 4 is 17.7 Å². The van der Waals surface area contributed by atoms with E-state index in [2.05, 4.69) is 16.4 Å². The average Bonchev–Trinajstić information content (AvgIpc) is 3.03. The Morgan fingerprint density at radius 2 is 2.18 bits per heavy atom. The number of carbonyl (C=O) groups excluding carboxylic acids is 2. The lowest BCUT2D eigenvalue weighted by Crippen LogP contribution is -2.47. The summed E-state index contributed by atoms with van der Waals surface area (Å²) in [6.07, 6.45) is 1.08. The van der Waals surface area contributed by atoms with Crippen molar-refractivity contribution in [2.24, 2.45) is 0 Å². The molecule has 2 aliphatic rings. The van der Waals surface area contributed by atoms with Crippen LogP contribution >= 0.6 is 0 Å². The summed E-state index contributed by atoms with van der Waals surface area (Å²) < 4.78 is 11.3. The Morgan fingerprint density at radius 1 is 1.36 bits per heavy atom. The van der Waals surface area contributed by atoms with E-state index in [1.165, 1.54) is 6.92 Å². The molecule has 2 aliphatic heterocycles. The van der Waals surface area contributed by atoms with Crippen LogP contribution in [0.4, 0.5) is 10.5 Å². The molecule has 0 aliphatic carbocycles. The molecule has 1 aromatic carbocycles. The summed E-state index contributed by atoms with van der Waals surface area (Å²) in [6, 6.07) is 11.1. The van der Waals surface area contributed by atoms with Gasteiger partial charge in [0.2, 0.25) is 5.91 Å². The standard InChI is InChI=1S/C20H18N4O4/c1-12(25)22-10-19-17-11-27-18-8-13(3-5-16(18)24(17)20(26)28-19)14-2-4-15(6-7-21)23-9-14/h2-5,8-9,17,19H,6,10-11H2,1H3,(H,22,25). The van der Waals surface area contributed by atoms with Crippen LogP contribution in [-0.4, -0.2) is 42.3 Å². The molecule has 2 aromatic rings. The molecule has 1 fully saturated rings. The highest BCUT2D eigenvalue weighted by atomic mass is 16.6. The van der Waals surface area contributed by atoms with E-state index in [4.69, 9.17) is 14.7 Å². The van der Waals surface area contributed by atoms with Crippen molar-refractivity contribution < 1.29 is 19.1 Å². The molecule has 1 aromatic heterocycles. The number of amides is 2. The number of anilines is 1. The quantitative estimate of drug-likeness (QED) is 0.873. The number of nitrogens with one attached hydrogen (secondary N) is 1. The number of rotatable bonds is 4. The summed E-state index contributed by atoms with van der Waals surface area (Å²) in [5, 5.41) is 11.4. The van der Waals surface area contributed by atoms with Crippen LogP contribution in [0.3, 0.4) is 0 Å². The number of nitrogens with zero attached hydrogens (tertiary/aromatic N) is 3. The maximum absolute atomic E-state index is 12.4. The first-order chi connectivity index (χ1) is 13.6. The van der Waals surface area contributed by atoms with Gasteiger partial charge in [-0.25, -0.2) is 4.79 Å². The highest BCUT2D eigenvalue weighted by molar-refractivity contribution is 5.94. The fourth-order valence-electron chi connectivity index (χ4n) is 3.41.